The van der Waals surface area contributed by atoms with Crippen molar-refractivity contribution >= 4 is 17.8 Å². The van der Waals surface area contributed by atoms with Gasteiger partial charge in [0.25, 0.3) is 0 Å². The minimum absolute atomic E-state index is 0.230. The fourth-order valence-electron chi connectivity index (χ4n) is 4.16. The molecule has 0 aliphatic carbocycles. The number of imide groups is 1. The molecule has 0 unspecified atom stereocenters. The van der Waals surface area contributed by atoms with E-state index >= 15 is 0 Å². The number of aliphatic hydroxyl groups is 1. The van der Waals surface area contributed by atoms with Crippen LogP contribution in [0.15, 0.2) is 24.3 Å². The van der Waals surface area contributed by atoms with Crippen molar-refractivity contribution in [2.45, 2.75) is 25.4 Å². The highest BCUT2D eigenvalue weighted by atomic mass is 16.5. The number of hydrogen-bond acceptors (Lipinski definition) is 6. The van der Waals surface area contributed by atoms with Gasteiger partial charge < -0.3 is 9.84 Å². The molecule has 1 aromatic carbocycles. The quantitative estimate of drug-likeness (QED) is 0.596. The van der Waals surface area contributed by atoms with Crippen molar-refractivity contribution in [3.63, 3.8) is 0 Å². The molecule has 2 amide bonds. The first kappa shape index (κ1) is 17.6. The average molecular weight is 346 g/mol. The minimum Gasteiger partial charge on any atom is -0.468 e. The Morgan fingerprint density at radius 3 is 2.56 bits per heavy atom. The third-order valence-corrected chi connectivity index (χ3v) is 5.38. The van der Waals surface area contributed by atoms with Crippen molar-refractivity contribution in [2.75, 3.05) is 20.3 Å². The van der Waals surface area contributed by atoms with E-state index < -0.39 is 41.9 Å². The number of nitrogens with zero attached hydrogens (tertiary/aromatic N) is 1. The third-order valence-electron chi connectivity index (χ3n) is 5.38. The van der Waals surface area contributed by atoms with Crippen molar-refractivity contribution in [1.29, 1.82) is 0 Å². The Bertz CT molecular complexity index is 734. The number of methoxy groups -OCH3 is 1. The summed E-state index contributed by atoms with van der Waals surface area (Å²) in [6, 6.07) is 6.94. The number of aryl methyl sites for hydroxylation is 1. The van der Waals surface area contributed by atoms with E-state index in [9.17, 15) is 19.5 Å². The number of likely N-dealkylation sites (tertiary alicyclic amines) is 1. The van der Waals surface area contributed by atoms with Gasteiger partial charge in [0.1, 0.15) is 0 Å². The second-order valence-electron chi connectivity index (χ2n) is 6.52. The van der Waals surface area contributed by atoms with Gasteiger partial charge in [-0.15, -0.1) is 0 Å². The monoisotopic (exact) mass is 346 g/mol. The number of rotatable bonds is 4. The van der Waals surface area contributed by atoms with Crippen molar-refractivity contribution in [3.8, 4) is 0 Å². The zero-order valence-electron chi connectivity index (χ0n) is 14.5. The molecule has 0 radical (unpaired) electrons. The minimum atomic E-state index is -1.62. The van der Waals surface area contributed by atoms with Crippen LogP contribution in [-0.2, 0) is 19.1 Å². The Balaban J connectivity index is 2.17. The van der Waals surface area contributed by atoms with E-state index in [1.54, 1.807) is 6.92 Å². The summed E-state index contributed by atoms with van der Waals surface area (Å²) in [5, 5.41) is 13.1. The van der Waals surface area contributed by atoms with Gasteiger partial charge >= 0.3 is 5.97 Å². The summed E-state index contributed by atoms with van der Waals surface area (Å²) >= 11 is 0. The molecule has 0 spiro atoms. The lowest BCUT2D eigenvalue weighted by atomic mass is 9.79. The normalized spacial score (nSPS) is 31.4. The number of esters is 1. The van der Waals surface area contributed by atoms with Crippen LogP contribution in [-0.4, -0.2) is 53.6 Å². The summed E-state index contributed by atoms with van der Waals surface area (Å²) in [6.45, 7) is 3.22. The summed E-state index contributed by atoms with van der Waals surface area (Å²) < 4.78 is 4.86. The molecule has 4 atom stereocenters. The second kappa shape index (κ2) is 6.24. The highest BCUT2D eigenvalue weighted by Crippen LogP contribution is 2.49. The molecule has 2 saturated heterocycles. The number of aliphatic hydroxyl groups excluding tert-OH is 1. The molecule has 2 aliphatic heterocycles. The van der Waals surface area contributed by atoms with Gasteiger partial charge in [-0.3, -0.25) is 19.8 Å². The smallest absolute Gasteiger partial charge is 0.329 e. The number of hydrogen-bond donors (Lipinski definition) is 2. The average Bonchev–Trinajstić information content (AvgIpc) is 3.09. The predicted molar refractivity (Wildman–Crippen MR) is 88.3 cm³/mol. The summed E-state index contributed by atoms with van der Waals surface area (Å²) in [7, 11) is 1.20. The lowest BCUT2D eigenvalue weighted by Crippen LogP contribution is -2.58. The fourth-order valence-corrected chi connectivity index (χ4v) is 4.16. The summed E-state index contributed by atoms with van der Waals surface area (Å²) in [6.07, 6.45) is 0. The molecule has 2 aliphatic rings. The van der Waals surface area contributed by atoms with Crippen molar-refractivity contribution in [2.24, 2.45) is 11.8 Å². The van der Waals surface area contributed by atoms with Crippen LogP contribution in [0, 0.1) is 18.8 Å². The maximum Gasteiger partial charge on any atom is 0.329 e. The highest BCUT2D eigenvalue weighted by Gasteiger charge is 2.68. The van der Waals surface area contributed by atoms with Gasteiger partial charge in [0.2, 0.25) is 11.8 Å². The molecule has 25 heavy (non-hydrogen) atoms. The number of nitrogens with one attached hydrogen (secondary N) is 1. The maximum atomic E-state index is 12.9. The van der Waals surface area contributed by atoms with Crippen LogP contribution in [0.4, 0.5) is 0 Å². The van der Waals surface area contributed by atoms with Crippen LogP contribution in [0.3, 0.4) is 0 Å². The van der Waals surface area contributed by atoms with E-state index in [1.807, 2.05) is 31.2 Å². The molecule has 3 rings (SSSR count). The molecule has 0 saturated carbocycles. The molecular formula is C18H22N2O5. The Labute approximate surface area is 146 Å². The number of ether oxygens (including phenoxy) is 1. The topological polar surface area (TPSA) is 95.9 Å². The van der Waals surface area contributed by atoms with E-state index in [4.69, 9.17) is 4.74 Å². The van der Waals surface area contributed by atoms with Gasteiger partial charge in [0, 0.05) is 12.6 Å². The van der Waals surface area contributed by atoms with E-state index in [2.05, 4.69) is 5.32 Å². The molecule has 134 valence electrons. The Hall–Kier alpha value is -2.25. The maximum absolute atomic E-state index is 12.9. The Morgan fingerprint density at radius 2 is 2.00 bits per heavy atom. The van der Waals surface area contributed by atoms with Gasteiger partial charge in [0.15, 0.2) is 5.54 Å². The SMILES string of the molecule is CCN1C(=O)[C@@H]2[C@H](c3ccccc3C)N[C@](CO)(C(=O)OC)[C@H]2C1=O. The highest BCUT2D eigenvalue weighted by molar-refractivity contribution is 6.09. The van der Waals surface area contributed by atoms with Gasteiger partial charge in [-0.2, -0.15) is 0 Å². The van der Waals surface area contributed by atoms with E-state index in [0.717, 1.165) is 16.0 Å². The Kier molecular flexibility index (Phi) is 4.38. The molecule has 1 aromatic rings. The first-order valence-corrected chi connectivity index (χ1v) is 8.30. The number of fused-ring (bicyclic) bond motifs is 1. The van der Waals surface area contributed by atoms with Crippen LogP contribution in [0.25, 0.3) is 0 Å². The molecule has 7 nitrogen and oxygen atoms in total. The zero-order chi connectivity index (χ0) is 18.4. The largest absolute Gasteiger partial charge is 0.468 e. The molecular weight excluding hydrogens is 324 g/mol. The third kappa shape index (κ3) is 2.30. The number of amides is 2. The van der Waals surface area contributed by atoms with Crippen LogP contribution in [0.2, 0.25) is 0 Å². The lowest BCUT2D eigenvalue weighted by Gasteiger charge is -2.30. The standard InChI is InChI=1S/C18H22N2O5/c1-4-20-15(22)12-13(16(20)23)18(9-21,17(24)25-3)19-14(12)11-8-6-5-7-10(11)2/h5-8,12-14,19,21H,4,9H2,1-3H3/t12-,13+,14-,18-/m0/s1. The van der Waals surface area contributed by atoms with E-state index in [0.29, 0.717) is 0 Å². The summed E-state index contributed by atoms with van der Waals surface area (Å²) in [4.78, 5) is 39.4. The van der Waals surface area contributed by atoms with Crippen LogP contribution < -0.4 is 5.32 Å². The lowest BCUT2D eigenvalue weighted by molar-refractivity contribution is -0.156. The van der Waals surface area contributed by atoms with Gasteiger partial charge in [-0.25, -0.2) is 4.79 Å². The zero-order valence-corrected chi connectivity index (χ0v) is 14.5. The van der Waals surface area contributed by atoms with Gasteiger partial charge in [-0.05, 0) is 25.0 Å². The van der Waals surface area contributed by atoms with Gasteiger partial charge in [-0.1, -0.05) is 24.3 Å². The van der Waals surface area contributed by atoms with E-state index in [1.165, 1.54) is 7.11 Å². The van der Waals surface area contributed by atoms with Crippen molar-refractivity contribution < 1.29 is 24.2 Å². The molecule has 2 fully saturated rings. The molecule has 7 heteroatoms. The van der Waals surface area contributed by atoms with Crippen molar-refractivity contribution in [3.05, 3.63) is 35.4 Å². The summed E-state index contributed by atoms with van der Waals surface area (Å²) in [5.41, 5.74) is 0.145. The van der Waals surface area contributed by atoms with Crippen LogP contribution in [0.5, 0.6) is 0 Å². The number of carbonyl (C=O) groups excluding carboxylic acids is 3. The summed E-state index contributed by atoms with van der Waals surface area (Å²) in [5.74, 6) is -3.24. The number of benzene rings is 1. The van der Waals surface area contributed by atoms with Crippen molar-refractivity contribution in [1.82, 2.24) is 10.2 Å². The van der Waals surface area contributed by atoms with E-state index in [-0.39, 0.29) is 12.5 Å². The van der Waals surface area contributed by atoms with Crippen LogP contribution in [0.1, 0.15) is 24.1 Å². The molecule has 2 N–H and O–H groups in total. The number of carbonyl (C=O) groups is 3. The first-order chi connectivity index (χ1) is 11.9. The Morgan fingerprint density at radius 1 is 1.32 bits per heavy atom. The van der Waals surface area contributed by atoms with Crippen LogP contribution >= 0.6 is 0 Å². The molecule has 0 aromatic heterocycles. The van der Waals surface area contributed by atoms with Gasteiger partial charge in [0.05, 0.1) is 25.6 Å². The molecule has 2 heterocycles. The second-order valence-corrected chi connectivity index (χ2v) is 6.52. The predicted octanol–water partition coefficient (Wildman–Crippen LogP) is 0.165. The first-order valence-electron chi connectivity index (χ1n) is 8.30. The fraction of sp³-hybridized carbons (Fsp3) is 0.500. The molecule has 0 bridgehead atoms.